The molecular weight excluding hydrogens is 160 g/mol. The van der Waals surface area contributed by atoms with Gasteiger partial charge in [-0.15, -0.1) is 0 Å². The van der Waals surface area contributed by atoms with Crippen molar-refractivity contribution in [2.45, 2.75) is 6.42 Å². The molecule has 1 unspecified atom stereocenters. The minimum atomic E-state index is -1.05. The fourth-order valence-corrected chi connectivity index (χ4v) is 1.25. The van der Waals surface area contributed by atoms with Crippen molar-refractivity contribution in [3.8, 4) is 0 Å². The summed E-state index contributed by atoms with van der Waals surface area (Å²) in [5.74, 6) is -1.05. The van der Waals surface area contributed by atoms with Gasteiger partial charge in [0.1, 0.15) is 0 Å². The molecule has 0 aromatic heterocycles. The SMILES string of the molecule is O=C([O-])CC[NH+]1CCNC(=O)C1. The van der Waals surface area contributed by atoms with Crippen LogP contribution in [-0.4, -0.2) is 38.1 Å². The highest BCUT2D eigenvalue weighted by Gasteiger charge is 2.18. The zero-order chi connectivity index (χ0) is 8.97. The number of rotatable bonds is 3. The first-order valence-corrected chi connectivity index (χ1v) is 3.98. The standard InChI is InChI=1S/C7H12N2O3/c10-6-5-9(4-2-8-6)3-1-7(11)12/h1-5H2,(H,8,10)(H,11,12). The molecule has 1 fully saturated rings. The Morgan fingerprint density at radius 3 is 3.00 bits per heavy atom. The highest BCUT2D eigenvalue weighted by molar-refractivity contribution is 5.77. The second-order valence-corrected chi connectivity index (χ2v) is 2.90. The summed E-state index contributed by atoms with van der Waals surface area (Å²) in [5, 5.41) is 12.8. The summed E-state index contributed by atoms with van der Waals surface area (Å²) in [4.78, 5) is 21.9. The van der Waals surface area contributed by atoms with Crippen molar-refractivity contribution >= 4 is 11.9 Å². The maximum atomic E-state index is 10.8. The summed E-state index contributed by atoms with van der Waals surface area (Å²) < 4.78 is 0. The first-order chi connectivity index (χ1) is 5.68. The zero-order valence-corrected chi connectivity index (χ0v) is 6.76. The van der Waals surface area contributed by atoms with E-state index in [-0.39, 0.29) is 12.3 Å². The lowest BCUT2D eigenvalue weighted by atomic mass is 10.3. The van der Waals surface area contributed by atoms with Crippen LogP contribution in [0, 0.1) is 0 Å². The molecule has 0 aromatic carbocycles. The number of nitrogens with one attached hydrogen (secondary N) is 2. The van der Waals surface area contributed by atoms with Gasteiger partial charge in [-0.2, -0.15) is 0 Å². The molecule has 0 radical (unpaired) electrons. The average Bonchev–Trinajstić information content (AvgIpc) is 2.01. The van der Waals surface area contributed by atoms with Crippen molar-refractivity contribution in [3.63, 3.8) is 0 Å². The maximum Gasteiger partial charge on any atom is 0.275 e. The molecule has 1 aliphatic rings. The number of hydrogen-bond donors (Lipinski definition) is 2. The summed E-state index contributed by atoms with van der Waals surface area (Å²) >= 11 is 0. The Morgan fingerprint density at radius 1 is 1.67 bits per heavy atom. The van der Waals surface area contributed by atoms with Gasteiger partial charge in [0.2, 0.25) is 0 Å². The molecular formula is C7H12N2O3. The molecule has 68 valence electrons. The molecule has 0 spiro atoms. The Kier molecular flexibility index (Phi) is 3.04. The van der Waals surface area contributed by atoms with Gasteiger partial charge in [-0.1, -0.05) is 0 Å². The number of amides is 1. The second-order valence-electron chi connectivity index (χ2n) is 2.90. The molecule has 1 aliphatic heterocycles. The van der Waals surface area contributed by atoms with Crippen molar-refractivity contribution in [1.29, 1.82) is 0 Å². The van der Waals surface area contributed by atoms with E-state index in [0.29, 0.717) is 19.6 Å². The van der Waals surface area contributed by atoms with Gasteiger partial charge < -0.3 is 20.1 Å². The zero-order valence-electron chi connectivity index (χ0n) is 6.76. The van der Waals surface area contributed by atoms with Gasteiger partial charge in [-0.05, 0) is 0 Å². The van der Waals surface area contributed by atoms with Gasteiger partial charge in [0, 0.05) is 12.4 Å². The first-order valence-electron chi connectivity index (χ1n) is 3.98. The molecule has 0 aromatic rings. The van der Waals surface area contributed by atoms with Crippen LogP contribution in [0.25, 0.3) is 0 Å². The highest BCUT2D eigenvalue weighted by Crippen LogP contribution is 1.71. The van der Waals surface area contributed by atoms with E-state index in [0.717, 1.165) is 11.4 Å². The van der Waals surface area contributed by atoms with Crippen LogP contribution >= 0.6 is 0 Å². The lowest BCUT2D eigenvalue weighted by molar-refractivity contribution is -0.893. The van der Waals surface area contributed by atoms with Crippen molar-refractivity contribution in [1.82, 2.24) is 5.32 Å². The quantitative estimate of drug-likeness (QED) is 0.457. The monoisotopic (exact) mass is 172 g/mol. The summed E-state index contributed by atoms with van der Waals surface area (Å²) in [6.07, 6.45) is 0.0304. The van der Waals surface area contributed by atoms with Crippen LogP contribution in [0.2, 0.25) is 0 Å². The van der Waals surface area contributed by atoms with E-state index in [2.05, 4.69) is 5.32 Å². The maximum absolute atomic E-state index is 10.8. The third-order valence-corrected chi connectivity index (χ3v) is 1.89. The van der Waals surface area contributed by atoms with Crippen molar-refractivity contribution < 1.29 is 19.6 Å². The fraction of sp³-hybridized carbons (Fsp3) is 0.714. The van der Waals surface area contributed by atoms with Gasteiger partial charge >= 0.3 is 0 Å². The van der Waals surface area contributed by atoms with Crippen molar-refractivity contribution in [2.75, 3.05) is 26.2 Å². The minimum absolute atomic E-state index is 0.00500. The van der Waals surface area contributed by atoms with Gasteiger partial charge in [0.05, 0.1) is 19.6 Å². The Bertz CT molecular complexity index is 193. The molecule has 1 amide bonds. The highest BCUT2D eigenvalue weighted by atomic mass is 16.4. The number of carbonyl (C=O) groups is 2. The van der Waals surface area contributed by atoms with Gasteiger partial charge in [0.25, 0.3) is 5.91 Å². The molecule has 0 saturated carbocycles. The van der Waals surface area contributed by atoms with Crippen LogP contribution in [0.15, 0.2) is 0 Å². The van der Waals surface area contributed by atoms with Gasteiger partial charge in [0.15, 0.2) is 6.54 Å². The molecule has 12 heavy (non-hydrogen) atoms. The number of hydrogen-bond acceptors (Lipinski definition) is 3. The molecule has 5 nitrogen and oxygen atoms in total. The Balaban J connectivity index is 2.23. The predicted octanol–water partition coefficient (Wildman–Crippen LogP) is -3.86. The van der Waals surface area contributed by atoms with E-state index in [4.69, 9.17) is 0 Å². The number of carbonyl (C=O) groups excluding carboxylic acids is 2. The van der Waals surface area contributed by atoms with Crippen LogP contribution in [0.5, 0.6) is 0 Å². The number of quaternary nitrogens is 1. The van der Waals surface area contributed by atoms with Crippen LogP contribution < -0.4 is 15.3 Å². The minimum Gasteiger partial charge on any atom is -0.550 e. The number of piperazine rings is 1. The number of carboxylic acids is 1. The van der Waals surface area contributed by atoms with E-state index < -0.39 is 5.97 Å². The van der Waals surface area contributed by atoms with Crippen LogP contribution in [-0.2, 0) is 9.59 Å². The molecule has 2 N–H and O–H groups in total. The van der Waals surface area contributed by atoms with Crippen LogP contribution in [0.4, 0.5) is 0 Å². The lowest BCUT2D eigenvalue weighted by Gasteiger charge is -2.23. The number of aliphatic carboxylic acids is 1. The fourth-order valence-electron chi connectivity index (χ4n) is 1.25. The van der Waals surface area contributed by atoms with Gasteiger partial charge in [-0.25, -0.2) is 0 Å². The van der Waals surface area contributed by atoms with Gasteiger partial charge in [-0.3, -0.25) is 4.79 Å². The van der Waals surface area contributed by atoms with Crippen molar-refractivity contribution in [2.24, 2.45) is 0 Å². The van der Waals surface area contributed by atoms with E-state index >= 15 is 0 Å². The van der Waals surface area contributed by atoms with E-state index in [1.807, 2.05) is 0 Å². The molecule has 0 aliphatic carbocycles. The normalized spacial score (nSPS) is 23.3. The molecule has 1 heterocycles. The Labute approximate surface area is 70.4 Å². The van der Waals surface area contributed by atoms with E-state index in [9.17, 15) is 14.7 Å². The number of carboxylic acid groups (broad SMARTS) is 1. The topological polar surface area (TPSA) is 73.7 Å². The average molecular weight is 172 g/mol. The largest absolute Gasteiger partial charge is 0.550 e. The molecule has 1 atom stereocenters. The Morgan fingerprint density at radius 2 is 2.42 bits per heavy atom. The van der Waals surface area contributed by atoms with Crippen LogP contribution in [0.3, 0.4) is 0 Å². The smallest absolute Gasteiger partial charge is 0.275 e. The third kappa shape index (κ3) is 2.87. The van der Waals surface area contributed by atoms with Crippen molar-refractivity contribution in [3.05, 3.63) is 0 Å². The van der Waals surface area contributed by atoms with Crippen LogP contribution in [0.1, 0.15) is 6.42 Å². The van der Waals surface area contributed by atoms with E-state index in [1.165, 1.54) is 0 Å². The molecule has 0 bridgehead atoms. The first kappa shape index (κ1) is 8.99. The predicted molar refractivity (Wildman–Crippen MR) is 38.2 cm³/mol. The molecule has 1 rings (SSSR count). The summed E-state index contributed by atoms with van der Waals surface area (Å²) in [7, 11) is 0. The molecule has 1 saturated heterocycles. The summed E-state index contributed by atoms with van der Waals surface area (Å²) in [5.41, 5.74) is 0. The Hall–Kier alpha value is -1.10. The second kappa shape index (κ2) is 4.06. The molecule has 5 heteroatoms. The lowest BCUT2D eigenvalue weighted by Crippen LogP contribution is -3.15. The summed E-state index contributed by atoms with van der Waals surface area (Å²) in [6, 6.07) is 0. The third-order valence-electron chi connectivity index (χ3n) is 1.89. The van der Waals surface area contributed by atoms with E-state index in [1.54, 1.807) is 0 Å². The summed E-state index contributed by atoms with van der Waals surface area (Å²) in [6.45, 7) is 2.31.